The van der Waals surface area contributed by atoms with E-state index in [-0.39, 0.29) is 5.56 Å². The van der Waals surface area contributed by atoms with E-state index in [2.05, 4.69) is 39.8 Å². The van der Waals surface area contributed by atoms with E-state index in [1.54, 1.807) is 12.3 Å². The lowest BCUT2D eigenvalue weighted by Gasteiger charge is -2.13. The molecule has 0 bridgehead atoms. The SMILES string of the molecule is C=CCn1ncc(NCC(C)C2CC2)c(Br)c1=O. The fourth-order valence-electron chi connectivity index (χ4n) is 1.94. The van der Waals surface area contributed by atoms with E-state index in [1.165, 1.54) is 17.5 Å². The molecule has 1 aliphatic carbocycles. The van der Waals surface area contributed by atoms with Crippen molar-refractivity contribution in [2.75, 3.05) is 11.9 Å². The Bertz CT molecular complexity index is 493. The standard InChI is InChI=1S/C13H18BrN3O/c1-3-6-17-13(18)12(14)11(8-16-17)15-7-9(2)10-4-5-10/h3,8-10,15H,1,4-7H2,2H3. The van der Waals surface area contributed by atoms with Crippen LogP contribution in [0, 0.1) is 11.8 Å². The fourth-order valence-corrected chi connectivity index (χ4v) is 2.39. The number of nitrogens with one attached hydrogen (secondary N) is 1. The molecule has 0 radical (unpaired) electrons. The van der Waals surface area contributed by atoms with Gasteiger partial charge in [-0.2, -0.15) is 5.10 Å². The van der Waals surface area contributed by atoms with E-state index in [4.69, 9.17) is 0 Å². The minimum atomic E-state index is -0.126. The molecule has 4 nitrogen and oxygen atoms in total. The predicted octanol–water partition coefficient (Wildman–Crippen LogP) is 2.65. The maximum Gasteiger partial charge on any atom is 0.283 e. The van der Waals surface area contributed by atoms with Gasteiger partial charge in [-0.1, -0.05) is 13.0 Å². The zero-order chi connectivity index (χ0) is 13.1. The average molecular weight is 312 g/mol. The van der Waals surface area contributed by atoms with E-state index in [0.717, 1.165) is 18.2 Å². The van der Waals surface area contributed by atoms with Crippen molar-refractivity contribution in [1.82, 2.24) is 9.78 Å². The number of aromatic nitrogens is 2. The third kappa shape index (κ3) is 3.02. The van der Waals surface area contributed by atoms with Gasteiger partial charge in [0.15, 0.2) is 0 Å². The molecule has 0 aliphatic heterocycles. The molecule has 1 heterocycles. The number of anilines is 1. The Morgan fingerprint density at radius 1 is 1.72 bits per heavy atom. The first-order valence-corrected chi connectivity index (χ1v) is 7.03. The molecule has 1 unspecified atom stereocenters. The summed E-state index contributed by atoms with van der Waals surface area (Å²) in [6.07, 6.45) is 6.02. The molecular formula is C13H18BrN3O. The second-order valence-corrected chi connectivity index (χ2v) is 5.64. The second kappa shape index (κ2) is 5.69. The second-order valence-electron chi connectivity index (χ2n) is 4.84. The predicted molar refractivity (Wildman–Crippen MR) is 76.8 cm³/mol. The van der Waals surface area contributed by atoms with E-state index in [9.17, 15) is 4.79 Å². The number of hydrogen-bond donors (Lipinski definition) is 1. The molecule has 1 fully saturated rings. The minimum Gasteiger partial charge on any atom is -0.382 e. The Morgan fingerprint density at radius 3 is 3.06 bits per heavy atom. The van der Waals surface area contributed by atoms with Gasteiger partial charge in [0, 0.05) is 6.54 Å². The zero-order valence-electron chi connectivity index (χ0n) is 10.5. The molecule has 1 aliphatic rings. The maximum atomic E-state index is 11.9. The van der Waals surface area contributed by atoms with Crippen LogP contribution in [0.1, 0.15) is 19.8 Å². The summed E-state index contributed by atoms with van der Waals surface area (Å²) in [5.41, 5.74) is 0.645. The molecule has 1 N–H and O–H groups in total. The third-order valence-corrected chi connectivity index (χ3v) is 4.09. The summed E-state index contributed by atoms with van der Waals surface area (Å²) < 4.78 is 1.93. The van der Waals surface area contributed by atoms with Gasteiger partial charge in [-0.15, -0.1) is 6.58 Å². The highest BCUT2D eigenvalue weighted by Crippen LogP contribution is 2.36. The average Bonchev–Trinajstić information content (AvgIpc) is 3.18. The van der Waals surface area contributed by atoms with Gasteiger partial charge in [0.25, 0.3) is 5.56 Å². The summed E-state index contributed by atoms with van der Waals surface area (Å²) >= 11 is 3.33. The van der Waals surface area contributed by atoms with E-state index >= 15 is 0 Å². The van der Waals surface area contributed by atoms with Crippen LogP contribution in [0.5, 0.6) is 0 Å². The largest absolute Gasteiger partial charge is 0.382 e. The van der Waals surface area contributed by atoms with Crippen LogP contribution < -0.4 is 10.9 Å². The van der Waals surface area contributed by atoms with Crippen LogP contribution in [0.25, 0.3) is 0 Å². The molecular weight excluding hydrogens is 294 g/mol. The summed E-state index contributed by atoms with van der Waals surface area (Å²) in [6.45, 7) is 7.16. The normalized spacial score (nSPS) is 16.3. The Balaban J connectivity index is 2.06. The Morgan fingerprint density at radius 2 is 2.44 bits per heavy atom. The van der Waals surface area contributed by atoms with Crippen LogP contribution >= 0.6 is 15.9 Å². The highest BCUT2D eigenvalue weighted by atomic mass is 79.9. The molecule has 1 saturated carbocycles. The molecule has 18 heavy (non-hydrogen) atoms. The van der Waals surface area contributed by atoms with Gasteiger partial charge in [0.05, 0.1) is 18.4 Å². The van der Waals surface area contributed by atoms with Crippen molar-refractivity contribution in [2.45, 2.75) is 26.3 Å². The van der Waals surface area contributed by atoms with Crippen molar-refractivity contribution in [1.29, 1.82) is 0 Å². The smallest absolute Gasteiger partial charge is 0.283 e. The number of rotatable bonds is 6. The van der Waals surface area contributed by atoms with Crippen LogP contribution in [-0.2, 0) is 6.54 Å². The first kappa shape index (κ1) is 13.3. The summed E-state index contributed by atoms with van der Waals surface area (Å²) in [7, 11) is 0. The summed E-state index contributed by atoms with van der Waals surface area (Å²) in [5.74, 6) is 1.50. The van der Waals surface area contributed by atoms with Gasteiger partial charge in [-0.3, -0.25) is 4.79 Å². The first-order valence-electron chi connectivity index (χ1n) is 6.24. The third-order valence-electron chi connectivity index (χ3n) is 3.33. The molecule has 2 rings (SSSR count). The molecule has 98 valence electrons. The van der Waals surface area contributed by atoms with Gasteiger partial charge in [0.2, 0.25) is 0 Å². The zero-order valence-corrected chi connectivity index (χ0v) is 12.1. The van der Waals surface area contributed by atoms with Crippen molar-refractivity contribution < 1.29 is 0 Å². The van der Waals surface area contributed by atoms with Crippen LogP contribution in [0.2, 0.25) is 0 Å². The molecule has 0 aromatic carbocycles. The lowest BCUT2D eigenvalue weighted by molar-refractivity contribution is 0.536. The van der Waals surface area contributed by atoms with Gasteiger partial charge >= 0.3 is 0 Å². The molecule has 5 heteroatoms. The monoisotopic (exact) mass is 311 g/mol. The van der Waals surface area contributed by atoms with Crippen LogP contribution in [-0.4, -0.2) is 16.3 Å². The van der Waals surface area contributed by atoms with Crippen LogP contribution in [0.4, 0.5) is 5.69 Å². The Hall–Kier alpha value is -1.10. The van der Waals surface area contributed by atoms with Crippen LogP contribution in [0.15, 0.2) is 28.1 Å². The molecule has 1 aromatic rings. The number of hydrogen-bond acceptors (Lipinski definition) is 3. The number of nitrogens with zero attached hydrogens (tertiary/aromatic N) is 2. The lowest BCUT2D eigenvalue weighted by Crippen LogP contribution is -2.24. The highest BCUT2D eigenvalue weighted by Gasteiger charge is 2.27. The summed E-state index contributed by atoms with van der Waals surface area (Å²) in [4.78, 5) is 11.9. The number of allylic oxidation sites excluding steroid dienone is 1. The Kier molecular flexibility index (Phi) is 4.22. The first-order chi connectivity index (χ1) is 8.63. The Labute approximate surface area is 115 Å². The van der Waals surface area contributed by atoms with Gasteiger partial charge < -0.3 is 5.32 Å². The fraction of sp³-hybridized carbons (Fsp3) is 0.538. The lowest BCUT2D eigenvalue weighted by atomic mass is 10.1. The van der Waals surface area contributed by atoms with E-state index in [0.29, 0.717) is 16.9 Å². The molecule has 0 saturated heterocycles. The van der Waals surface area contributed by atoms with Gasteiger partial charge in [-0.05, 0) is 40.6 Å². The quantitative estimate of drug-likeness (QED) is 0.822. The van der Waals surface area contributed by atoms with Crippen molar-refractivity contribution in [3.63, 3.8) is 0 Å². The summed E-state index contributed by atoms with van der Waals surface area (Å²) in [6, 6.07) is 0. The van der Waals surface area contributed by atoms with Crippen LogP contribution in [0.3, 0.4) is 0 Å². The van der Waals surface area contributed by atoms with E-state index in [1.807, 2.05) is 0 Å². The van der Waals surface area contributed by atoms with Crippen molar-refractivity contribution >= 4 is 21.6 Å². The summed E-state index contributed by atoms with van der Waals surface area (Å²) in [5, 5.41) is 7.40. The minimum absolute atomic E-state index is 0.126. The van der Waals surface area contributed by atoms with Gasteiger partial charge in [-0.25, -0.2) is 4.68 Å². The van der Waals surface area contributed by atoms with Gasteiger partial charge in [0.1, 0.15) is 4.47 Å². The van der Waals surface area contributed by atoms with Crippen molar-refractivity contribution in [3.05, 3.63) is 33.7 Å². The molecule has 1 atom stereocenters. The maximum absolute atomic E-state index is 11.9. The number of halogens is 1. The van der Waals surface area contributed by atoms with Crippen molar-refractivity contribution in [3.8, 4) is 0 Å². The molecule has 0 spiro atoms. The molecule has 1 aromatic heterocycles. The molecule has 0 amide bonds. The topological polar surface area (TPSA) is 46.9 Å². The van der Waals surface area contributed by atoms with E-state index < -0.39 is 0 Å². The van der Waals surface area contributed by atoms with Crippen molar-refractivity contribution in [2.24, 2.45) is 11.8 Å². The highest BCUT2D eigenvalue weighted by molar-refractivity contribution is 9.10.